The maximum absolute atomic E-state index is 13.1. The second-order valence-corrected chi connectivity index (χ2v) is 9.17. The molecule has 28 heavy (non-hydrogen) atoms. The number of methoxy groups -OCH3 is 2. The third kappa shape index (κ3) is 3.68. The maximum Gasteiger partial charge on any atom is 0.161 e. The van der Waals surface area contributed by atoms with Gasteiger partial charge in [0.15, 0.2) is 17.3 Å². The summed E-state index contributed by atoms with van der Waals surface area (Å²) in [6.45, 7) is 6.24. The predicted molar refractivity (Wildman–Crippen MR) is 112 cm³/mol. The number of Topliss-reactive ketones (excluding diaryl/α,β-unsaturated/α-hetero) is 1. The fourth-order valence-electron chi connectivity index (χ4n) is 4.07. The van der Waals surface area contributed by atoms with Gasteiger partial charge in [-0.25, -0.2) is 4.99 Å². The Bertz CT molecular complexity index is 896. The van der Waals surface area contributed by atoms with Gasteiger partial charge in [-0.15, -0.1) is 11.8 Å². The van der Waals surface area contributed by atoms with Gasteiger partial charge in [0.25, 0.3) is 0 Å². The van der Waals surface area contributed by atoms with Crippen LogP contribution in [0.25, 0.3) is 0 Å². The van der Waals surface area contributed by atoms with E-state index in [0.29, 0.717) is 23.5 Å². The molecule has 2 aliphatic rings. The first kappa shape index (κ1) is 20.5. The van der Waals surface area contributed by atoms with E-state index in [2.05, 4.69) is 19.9 Å². The number of carbonyl (C=O) groups excluding carboxylic acids is 1. The summed E-state index contributed by atoms with van der Waals surface area (Å²) in [6.07, 6.45) is 1.21. The first-order valence-corrected chi connectivity index (χ1v) is 10.4. The van der Waals surface area contributed by atoms with Gasteiger partial charge < -0.3 is 9.47 Å². The Morgan fingerprint density at radius 2 is 1.96 bits per heavy atom. The molecule has 5 nitrogen and oxygen atoms in total. The fraction of sp³-hybridized carbons (Fsp3) is 0.500. The largest absolute Gasteiger partial charge is 0.493 e. The second-order valence-electron chi connectivity index (χ2n) is 7.88. The average Bonchev–Trinajstić information content (AvgIpc) is 2.65. The minimum atomic E-state index is -0.480. The van der Waals surface area contributed by atoms with Crippen LogP contribution in [0.5, 0.6) is 11.5 Å². The Kier molecular flexibility index (Phi) is 5.85. The highest BCUT2D eigenvalue weighted by molar-refractivity contribution is 8.14. The second kappa shape index (κ2) is 8.00. The lowest BCUT2D eigenvalue weighted by Crippen LogP contribution is -2.35. The number of carbonyl (C=O) groups is 1. The van der Waals surface area contributed by atoms with Crippen molar-refractivity contribution in [1.29, 1.82) is 5.26 Å². The molecule has 1 aliphatic carbocycles. The zero-order chi connectivity index (χ0) is 20.5. The van der Waals surface area contributed by atoms with Crippen molar-refractivity contribution >= 4 is 22.6 Å². The van der Waals surface area contributed by atoms with E-state index in [1.807, 2.05) is 25.1 Å². The van der Waals surface area contributed by atoms with E-state index in [-0.39, 0.29) is 17.1 Å². The Morgan fingerprint density at radius 1 is 1.25 bits per heavy atom. The van der Waals surface area contributed by atoms with E-state index >= 15 is 0 Å². The molecule has 6 heteroatoms. The number of ketones is 1. The Balaban J connectivity index is 2.19. The summed E-state index contributed by atoms with van der Waals surface area (Å²) in [5, 5.41) is 10.8. The van der Waals surface area contributed by atoms with Gasteiger partial charge >= 0.3 is 0 Å². The minimum Gasteiger partial charge on any atom is -0.493 e. The molecule has 0 bridgehead atoms. The highest BCUT2D eigenvalue weighted by atomic mass is 32.2. The van der Waals surface area contributed by atoms with E-state index in [9.17, 15) is 10.1 Å². The van der Waals surface area contributed by atoms with Crippen LogP contribution < -0.4 is 9.47 Å². The third-order valence-electron chi connectivity index (χ3n) is 5.25. The quantitative estimate of drug-likeness (QED) is 0.733. The number of ether oxygens (including phenoxy) is 2. The first-order valence-electron chi connectivity index (χ1n) is 9.44. The van der Waals surface area contributed by atoms with Crippen molar-refractivity contribution in [2.45, 2.75) is 39.5 Å². The van der Waals surface area contributed by atoms with Crippen molar-refractivity contribution in [2.75, 3.05) is 20.0 Å². The molecule has 0 spiro atoms. The van der Waals surface area contributed by atoms with Crippen molar-refractivity contribution < 1.29 is 14.3 Å². The monoisotopic (exact) mass is 398 g/mol. The third-order valence-corrected chi connectivity index (χ3v) is 6.18. The van der Waals surface area contributed by atoms with Crippen LogP contribution in [-0.2, 0) is 4.79 Å². The van der Waals surface area contributed by atoms with Crippen molar-refractivity contribution in [3.05, 3.63) is 35.0 Å². The van der Waals surface area contributed by atoms with Crippen molar-refractivity contribution in [1.82, 2.24) is 0 Å². The van der Waals surface area contributed by atoms with Gasteiger partial charge in [0.1, 0.15) is 5.92 Å². The summed E-state index contributed by atoms with van der Waals surface area (Å²) >= 11 is 1.58. The Labute approximate surface area is 170 Å². The average molecular weight is 399 g/mol. The zero-order valence-corrected chi connectivity index (χ0v) is 17.9. The van der Waals surface area contributed by atoms with Gasteiger partial charge in [0.05, 0.1) is 25.3 Å². The number of benzene rings is 1. The summed E-state index contributed by atoms with van der Waals surface area (Å²) in [7, 11) is 3.18. The number of thioether (sulfide) groups is 1. The number of nitrogens with zero attached hydrogens (tertiary/aromatic N) is 2. The number of hydrogen-bond donors (Lipinski definition) is 0. The van der Waals surface area contributed by atoms with Crippen LogP contribution in [0.15, 0.2) is 34.5 Å². The summed E-state index contributed by atoms with van der Waals surface area (Å²) in [4.78, 5) is 17.9. The molecule has 148 valence electrons. The number of nitriles is 1. The normalized spacial score (nSPS) is 23.6. The topological polar surface area (TPSA) is 71.7 Å². The summed E-state index contributed by atoms with van der Waals surface area (Å²) < 4.78 is 10.8. The Morgan fingerprint density at radius 3 is 2.57 bits per heavy atom. The molecule has 0 saturated carbocycles. The maximum atomic E-state index is 13.1. The lowest BCUT2D eigenvalue weighted by Gasteiger charge is -2.38. The van der Waals surface area contributed by atoms with Crippen molar-refractivity contribution in [3.63, 3.8) is 0 Å². The molecular formula is C22H26N2O3S. The molecule has 0 fully saturated rings. The number of hydrogen-bond acceptors (Lipinski definition) is 6. The number of allylic oxidation sites excluding steroid dienone is 2. The lowest BCUT2D eigenvalue weighted by atomic mass is 9.68. The van der Waals surface area contributed by atoms with E-state index < -0.39 is 5.92 Å². The lowest BCUT2D eigenvalue weighted by molar-refractivity contribution is -0.118. The summed E-state index contributed by atoms with van der Waals surface area (Å²) in [5.74, 6) is 1.32. The molecule has 3 rings (SSSR count). The van der Waals surface area contributed by atoms with Crippen LogP contribution in [0, 0.1) is 22.7 Å². The van der Waals surface area contributed by atoms with E-state index in [4.69, 9.17) is 14.5 Å². The molecule has 2 unspecified atom stereocenters. The molecule has 0 aromatic heterocycles. The van der Waals surface area contributed by atoms with Gasteiger partial charge in [-0.1, -0.05) is 26.8 Å². The van der Waals surface area contributed by atoms with Gasteiger partial charge in [-0.05, 0) is 35.3 Å². The molecular weight excluding hydrogens is 372 g/mol. The van der Waals surface area contributed by atoms with Gasteiger partial charge in [0, 0.05) is 23.6 Å². The predicted octanol–water partition coefficient (Wildman–Crippen LogP) is 4.74. The fourth-order valence-corrected chi connectivity index (χ4v) is 4.91. The van der Waals surface area contributed by atoms with E-state index in [1.165, 1.54) is 0 Å². The standard InChI is InChI=1S/C22H26N2O3S/c1-6-28-21-14(12-23)19(13-7-8-17(26-4)18(9-13)27-5)20-15(24-21)10-22(2,3)11-16(20)25/h7-9,14,19H,6,10-11H2,1-5H3. The van der Waals surface area contributed by atoms with Gasteiger partial charge in [-0.3, -0.25) is 4.79 Å². The molecule has 1 aliphatic heterocycles. The van der Waals surface area contributed by atoms with E-state index in [0.717, 1.165) is 28.5 Å². The van der Waals surface area contributed by atoms with Crippen LogP contribution in [0.1, 0.15) is 45.1 Å². The van der Waals surface area contributed by atoms with Crippen LogP contribution >= 0.6 is 11.8 Å². The van der Waals surface area contributed by atoms with Crippen LogP contribution in [0.2, 0.25) is 0 Å². The molecule has 1 heterocycles. The van der Waals surface area contributed by atoms with Gasteiger partial charge in [-0.2, -0.15) is 5.26 Å². The SMILES string of the molecule is CCSC1=NC2=C(C(=O)CC(C)(C)C2)C(c2ccc(OC)c(OC)c2)C1C#N. The Hall–Kier alpha value is -2.26. The molecule has 1 aromatic carbocycles. The molecule has 0 N–H and O–H groups in total. The van der Waals surface area contributed by atoms with Gasteiger partial charge in [0.2, 0.25) is 0 Å². The molecule has 0 saturated heterocycles. The number of aliphatic imine (C=N–C) groups is 1. The minimum absolute atomic E-state index is 0.0931. The van der Waals surface area contributed by atoms with Crippen LogP contribution in [0.3, 0.4) is 0 Å². The smallest absolute Gasteiger partial charge is 0.161 e. The summed E-state index contributed by atoms with van der Waals surface area (Å²) in [6, 6.07) is 8.05. The van der Waals surface area contributed by atoms with E-state index in [1.54, 1.807) is 26.0 Å². The number of rotatable bonds is 4. The first-order chi connectivity index (χ1) is 13.3. The van der Waals surface area contributed by atoms with Crippen LogP contribution in [0.4, 0.5) is 0 Å². The molecule has 1 aromatic rings. The van der Waals surface area contributed by atoms with Crippen LogP contribution in [-0.4, -0.2) is 30.8 Å². The highest BCUT2D eigenvalue weighted by Crippen LogP contribution is 2.49. The van der Waals surface area contributed by atoms with Crippen molar-refractivity contribution in [3.8, 4) is 17.6 Å². The molecule has 2 atom stereocenters. The molecule has 0 radical (unpaired) electrons. The zero-order valence-electron chi connectivity index (χ0n) is 17.0. The molecule has 0 amide bonds. The summed E-state index contributed by atoms with van der Waals surface area (Å²) in [5.41, 5.74) is 2.29. The van der Waals surface area contributed by atoms with Crippen molar-refractivity contribution in [2.24, 2.45) is 16.3 Å². The highest BCUT2D eigenvalue weighted by Gasteiger charge is 2.44.